The molecule has 0 radical (unpaired) electrons. The van der Waals surface area contributed by atoms with Crippen LogP contribution in [0.2, 0.25) is 5.02 Å². The van der Waals surface area contributed by atoms with Crippen LogP contribution in [0, 0.1) is 0 Å². The summed E-state index contributed by atoms with van der Waals surface area (Å²) in [5.41, 5.74) is 0.992. The molecule has 1 unspecified atom stereocenters. The number of halogens is 1. The van der Waals surface area contributed by atoms with Gasteiger partial charge in [0.05, 0.1) is 11.2 Å². The molecular formula is C20H15ClN2O4S. The summed E-state index contributed by atoms with van der Waals surface area (Å²) in [6.07, 6.45) is 1.50. The van der Waals surface area contributed by atoms with E-state index in [0.29, 0.717) is 17.4 Å². The quantitative estimate of drug-likeness (QED) is 0.578. The summed E-state index contributed by atoms with van der Waals surface area (Å²) in [6, 6.07) is 15.5. The maximum absolute atomic E-state index is 11.9. The van der Waals surface area contributed by atoms with Gasteiger partial charge in [0, 0.05) is 9.92 Å². The lowest BCUT2D eigenvalue weighted by atomic mass is 10.2. The first kappa shape index (κ1) is 18.5. The molecule has 0 saturated carbocycles. The summed E-state index contributed by atoms with van der Waals surface area (Å²) < 4.78 is 11.2. The molecule has 3 amide bonds. The van der Waals surface area contributed by atoms with Gasteiger partial charge in [0.1, 0.15) is 18.1 Å². The van der Waals surface area contributed by atoms with Crippen molar-refractivity contribution in [1.29, 1.82) is 0 Å². The van der Waals surface area contributed by atoms with Gasteiger partial charge in [-0.1, -0.05) is 35.5 Å². The molecule has 142 valence electrons. The Kier molecular flexibility index (Phi) is 5.27. The maximum Gasteiger partial charge on any atom is 0.322 e. The van der Waals surface area contributed by atoms with Crippen molar-refractivity contribution in [2.75, 3.05) is 0 Å². The van der Waals surface area contributed by atoms with Crippen LogP contribution >= 0.6 is 23.4 Å². The summed E-state index contributed by atoms with van der Waals surface area (Å²) in [5, 5.41) is 5.42. The summed E-state index contributed by atoms with van der Waals surface area (Å²) in [4.78, 5) is 24.9. The molecule has 4 rings (SSSR count). The molecule has 3 aromatic rings. The van der Waals surface area contributed by atoms with Crippen LogP contribution in [0.5, 0.6) is 5.75 Å². The standard InChI is InChI=1S/C20H15ClN2O4S/c21-13-3-1-2-12(10-13)11-27-14-4-6-15(7-5-14)28-16-8-9-26-18(16)17-19(24)23-20(25)22-17/h1-10,17H,11H2,(H2,22,23,24,25). The molecule has 1 fully saturated rings. The molecule has 8 heteroatoms. The van der Waals surface area contributed by atoms with E-state index < -0.39 is 18.0 Å². The van der Waals surface area contributed by atoms with Crippen molar-refractivity contribution < 1.29 is 18.7 Å². The minimum Gasteiger partial charge on any atom is -0.489 e. The normalized spacial score (nSPS) is 16.0. The molecule has 1 aliphatic rings. The zero-order valence-electron chi connectivity index (χ0n) is 14.5. The topological polar surface area (TPSA) is 80.6 Å². The number of benzene rings is 2. The van der Waals surface area contributed by atoms with Crippen molar-refractivity contribution in [3.63, 3.8) is 0 Å². The molecule has 2 heterocycles. The number of furan rings is 1. The minimum absolute atomic E-state index is 0.412. The highest BCUT2D eigenvalue weighted by molar-refractivity contribution is 7.99. The van der Waals surface area contributed by atoms with E-state index in [1.807, 2.05) is 48.5 Å². The van der Waals surface area contributed by atoms with Gasteiger partial charge < -0.3 is 14.5 Å². The smallest absolute Gasteiger partial charge is 0.322 e. The molecule has 6 nitrogen and oxygen atoms in total. The predicted octanol–water partition coefficient (Wildman–Crippen LogP) is 4.54. The zero-order valence-corrected chi connectivity index (χ0v) is 16.0. The minimum atomic E-state index is -0.815. The van der Waals surface area contributed by atoms with Gasteiger partial charge in [-0.3, -0.25) is 10.1 Å². The number of carbonyl (C=O) groups excluding carboxylic acids is 2. The first-order valence-corrected chi connectivity index (χ1v) is 9.62. The maximum atomic E-state index is 11.9. The second-order valence-electron chi connectivity index (χ2n) is 6.04. The Morgan fingerprint density at radius 1 is 1.11 bits per heavy atom. The Morgan fingerprint density at radius 3 is 2.64 bits per heavy atom. The van der Waals surface area contributed by atoms with Crippen LogP contribution in [0.15, 0.2) is 75.1 Å². The van der Waals surface area contributed by atoms with Crippen molar-refractivity contribution >= 4 is 35.3 Å². The van der Waals surface area contributed by atoms with Crippen LogP contribution in [0.1, 0.15) is 17.4 Å². The summed E-state index contributed by atoms with van der Waals surface area (Å²) in [7, 11) is 0. The zero-order chi connectivity index (χ0) is 19.5. The van der Waals surface area contributed by atoms with Gasteiger partial charge >= 0.3 is 6.03 Å². The number of hydrogen-bond acceptors (Lipinski definition) is 5. The van der Waals surface area contributed by atoms with E-state index in [2.05, 4.69) is 10.6 Å². The lowest BCUT2D eigenvalue weighted by Gasteiger charge is -2.09. The SMILES string of the molecule is O=C1NC(=O)C(c2occc2Sc2ccc(OCc3cccc(Cl)c3)cc2)N1. The fraction of sp³-hybridized carbons (Fsp3) is 0.100. The third kappa shape index (κ3) is 4.16. The van der Waals surface area contributed by atoms with E-state index >= 15 is 0 Å². The monoisotopic (exact) mass is 414 g/mol. The largest absolute Gasteiger partial charge is 0.489 e. The fourth-order valence-electron chi connectivity index (χ4n) is 2.73. The molecule has 1 saturated heterocycles. The van der Waals surface area contributed by atoms with Crippen LogP contribution in [0.25, 0.3) is 0 Å². The number of ether oxygens (including phenoxy) is 1. The molecule has 2 aromatic carbocycles. The number of nitrogens with one attached hydrogen (secondary N) is 2. The molecule has 28 heavy (non-hydrogen) atoms. The third-order valence-electron chi connectivity index (χ3n) is 4.04. The van der Waals surface area contributed by atoms with E-state index in [4.69, 9.17) is 20.8 Å². The summed E-state index contributed by atoms with van der Waals surface area (Å²) >= 11 is 7.42. The molecular weight excluding hydrogens is 400 g/mol. The first-order valence-electron chi connectivity index (χ1n) is 8.42. The van der Waals surface area contributed by atoms with E-state index in [-0.39, 0.29) is 0 Å². The van der Waals surface area contributed by atoms with Crippen molar-refractivity contribution in [3.05, 3.63) is 77.2 Å². The average molecular weight is 415 g/mol. The highest BCUT2D eigenvalue weighted by Gasteiger charge is 2.35. The number of amides is 3. The van der Waals surface area contributed by atoms with Gasteiger partial charge in [-0.2, -0.15) is 0 Å². The van der Waals surface area contributed by atoms with E-state index in [1.165, 1.54) is 18.0 Å². The predicted molar refractivity (Wildman–Crippen MR) is 104 cm³/mol. The highest BCUT2D eigenvalue weighted by Crippen LogP contribution is 2.35. The van der Waals surface area contributed by atoms with E-state index in [0.717, 1.165) is 21.1 Å². The van der Waals surface area contributed by atoms with Crippen LogP contribution in [-0.2, 0) is 11.4 Å². The Bertz CT molecular complexity index is 1020. The third-order valence-corrected chi connectivity index (χ3v) is 5.34. The van der Waals surface area contributed by atoms with Crippen molar-refractivity contribution in [2.24, 2.45) is 0 Å². The van der Waals surface area contributed by atoms with Gasteiger partial charge in [0.15, 0.2) is 6.04 Å². The lowest BCUT2D eigenvalue weighted by molar-refractivity contribution is -0.120. The van der Waals surface area contributed by atoms with Crippen molar-refractivity contribution in [3.8, 4) is 5.75 Å². The van der Waals surface area contributed by atoms with Crippen LogP contribution < -0.4 is 15.4 Å². The molecule has 0 spiro atoms. The molecule has 1 atom stereocenters. The lowest BCUT2D eigenvalue weighted by Crippen LogP contribution is -2.22. The van der Waals surface area contributed by atoms with Gasteiger partial charge in [-0.15, -0.1) is 0 Å². The molecule has 0 bridgehead atoms. The number of urea groups is 1. The van der Waals surface area contributed by atoms with E-state index in [1.54, 1.807) is 6.07 Å². The Hall–Kier alpha value is -2.90. The molecule has 2 N–H and O–H groups in total. The second kappa shape index (κ2) is 8.00. The number of carbonyl (C=O) groups is 2. The Balaban J connectivity index is 1.41. The first-order chi connectivity index (χ1) is 13.6. The van der Waals surface area contributed by atoms with Crippen molar-refractivity contribution in [1.82, 2.24) is 10.6 Å². The Labute approximate surface area is 170 Å². The Morgan fingerprint density at radius 2 is 1.93 bits per heavy atom. The van der Waals surface area contributed by atoms with Gasteiger partial charge in [0.25, 0.3) is 5.91 Å². The average Bonchev–Trinajstić information content (AvgIpc) is 3.26. The van der Waals surface area contributed by atoms with Crippen LogP contribution in [-0.4, -0.2) is 11.9 Å². The molecule has 0 aliphatic carbocycles. The van der Waals surface area contributed by atoms with Crippen LogP contribution in [0.4, 0.5) is 4.79 Å². The van der Waals surface area contributed by atoms with Gasteiger partial charge in [-0.05, 0) is 48.0 Å². The second-order valence-corrected chi connectivity index (χ2v) is 7.59. The van der Waals surface area contributed by atoms with Gasteiger partial charge in [0.2, 0.25) is 0 Å². The summed E-state index contributed by atoms with van der Waals surface area (Å²) in [6.45, 7) is 0.426. The molecule has 1 aromatic heterocycles. The van der Waals surface area contributed by atoms with E-state index in [9.17, 15) is 9.59 Å². The number of hydrogen-bond donors (Lipinski definition) is 2. The number of rotatable bonds is 6. The highest BCUT2D eigenvalue weighted by atomic mass is 35.5. The summed E-state index contributed by atoms with van der Waals surface area (Å²) in [5.74, 6) is 0.723. The fourth-order valence-corrected chi connectivity index (χ4v) is 3.86. The number of imide groups is 1. The van der Waals surface area contributed by atoms with Crippen LogP contribution in [0.3, 0.4) is 0 Å². The van der Waals surface area contributed by atoms with Crippen molar-refractivity contribution in [2.45, 2.75) is 22.4 Å². The van der Waals surface area contributed by atoms with Gasteiger partial charge in [-0.25, -0.2) is 4.79 Å². The molecule has 1 aliphatic heterocycles.